The largest absolute Gasteiger partial charge is 1.00 e. The van der Waals surface area contributed by atoms with Crippen LogP contribution in [0.1, 0.15) is 25.7 Å². The summed E-state index contributed by atoms with van der Waals surface area (Å²) in [6.45, 7) is -3.25. The summed E-state index contributed by atoms with van der Waals surface area (Å²) < 4.78 is 43.0. The summed E-state index contributed by atoms with van der Waals surface area (Å²) in [6, 6.07) is 5.50. The van der Waals surface area contributed by atoms with E-state index >= 15 is 0 Å². The molecule has 0 spiro atoms. The van der Waals surface area contributed by atoms with Crippen LogP contribution in [0, 0.1) is 0 Å². The second-order valence-electron chi connectivity index (χ2n) is 5.41. The normalized spacial score (nSPS) is 19.9. The molecule has 0 amide bonds. The minimum atomic E-state index is -4.92. The zero-order valence-corrected chi connectivity index (χ0v) is 15.8. The van der Waals surface area contributed by atoms with E-state index in [1.807, 2.05) is 0 Å². The summed E-state index contributed by atoms with van der Waals surface area (Å²) in [7, 11) is 2.12. The van der Waals surface area contributed by atoms with Gasteiger partial charge < -0.3 is 22.6 Å². The summed E-state index contributed by atoms with van der Waals surface area (Å²) in [5, 5.41) is 0. The third kappa shape index (κ3) is 6.23. The van der Waals surface area contributed by atoms with Gasteiger partial charge in [-0.05, 0) is 45.0 Å². The van der Waals surface area contributed by atoms with E-state index < -0.39 is 12.4 Å². The van der Waals surface area contributed by atoms with E-state index in [-0.39, 0.29) is 51.4 Å². The molecular formula is C14H20BF3KNO. The van der Waals surface area contributed by atoms with Crippen LogP contribution in [0.4, 0.5) is 12.9 Å². The van der Waals surface area contributed by atoms with Crippen LogP contribution < -0.4 is 61.6 Å². The number of benzene rings is 1. The first-order valence-corrected chi connectivity index (χ1v) is 7.10. The van der Waals surface area contributed by atoms with Crippen LogP contribution in [0.5, 0.6) is 5.75 Å². The van der Waals surface area contributed by atoms with E-state index in [1.165, 1.54) is 31.4 Å². The molecule has 2 nitrogen and oxygen atoms in total. The molecule has 7 heteroatoms. The number of ether oxygens (including phenoxy) is 1. The van der Waals surface area contributed by atoms with Gasteiger partial charge in [0.1, 0.15) is 5.75 Å². The average Bonchev–Trinajstić information content (AvgIpc) is 2.40. The monoisotopic (exact) mass is 325 g/mol. The summed E-state index contributed by atoms with van der Waals surface area (Å²) in [5.74, 6) is 0.507. The Morgan fingerprint density at radius 2 is 1.86 bits per heavy atom. The van der Waals surface area contributed by atoms with E-state index in [0.717, 1.165) is 25.1 Å². The quantitative estimate of drug-likeness (QED) is 0.707. The van der Waals surface area contributed by atoms with Gasteiger partial charge in [0, 0.05) is 6.04 Å². The minimum Gasteiger partial charge on any atom is -0.494 e. The molecule has 0 aliphatic carbocycles. The van der Waals surface area contributed by atoms with Crippen molar-refractivity contribution in [2.24, 2.45) is 0 Å². The number of hydrogen-bond acceptors (Lipinski definition) is 2. The van der Waals surface area contributed by atoms with Gasteiger partial charge >= 0.3 is 58.4 Å². The number of hydrogen-bond donors (Lipinski definition) is 0. The van der Waals surface area contributed by atoms with E-state index in [4.69, 9.17) is 4.74 Å². The summed E-state index contributed by atoms with van der Waals surface area (Å²) >= 11 is 0. The molecule has 0 radical (unpaired) electrons. The van der Waals surface area contributed by atoms with Gasteiger partial charge in [-0.3, -0.25) is 0 Å². The van der Waals surface area contributed by atoms with Crippen LogP contribution in [-0.4, -0.2) is 38.1 Å². The van der Waals surface area contributed by atoms with Crippen molar-refractivity contribution in [2.75, 3.05) is 20.2 Å². The first-order valence-electron chi connectivity index (χ1n) is 7.10. The number of likely N-dealkylation sites (tertiary alicyclic amines) is 1. The van der Waals surface area contributed by atoms with Crippen LogP contribution in [0.2, 0.25) is 0 Å². The maximum absolute atomic E-state index is 12.5. The van der Waals surface area contributed by atoms with Crippen LogP contribution >= 0.6 is 0 Å². The van der Waals surface area contributed by atoms with Gasteiger partial charge in [-0.15, -0.1) is 5.46 Å². The zero-order valence-electron chi connectivity index (χ0n) is 12.7. The van der Waals surface area contributed by atoms with Gasteiger partial charge in [0.2, 0.25) is 0 Å². The Bertz CT molecular complexity index is 427. The second-order valence-corrected chi connectivity index (χ2v) is 5.41. The Kier molecular flexibility index (Phi) is 8.31. The van der Waals surface area contributed by atoms with Crippen LogP contribution in [-0.2, 0) is 0 Å². The molecule has 1 atom stereocenters. The minimum absolute atomic E-state index is 0. The van der Waals surface area contributed by atoms with E-state index in [2.05, 4.69) is 11.9 Å². The van der Waals surface area contributed by atoms with Crippen molar-refractivity contribution >= 4 is 12.4 Å². The molecule has 0 aromatic heterocycles. The van der Waals surface area contributed by atoms with Crippen LogP contribution in [0.25, 0.3) is 0 Å². The molecule has 1 saturated heterocycles. The standard InChI is InChI=1S/C14H20BF3NO.K/c1-19-10-3-2-4-13(19)9-11-20-14-7-5-12(6-8-14)15(16,17)18;/h5-8,13H,2-4,9-11H2,1H3;/q-1;+1. The molecule has 1 fully saturated rings. The number of halogens is 3. The second kappa shape index (κ2) is 8.94. The third-order valence-electron chi connectivity index (χ3n) is 3.90. The molecule has 1 aromatic rings. The fourth-order valence-electron chi connectivity index (χ4n) is 2.60. The molecular weight excluding hydrogens is 305 g/mol. The Labute approximate surface area is 166 Å². The van der Waals surface area contributed by atoms with Gasteiger partial charge in [0.25, 0.3) is 0 Å². The topological polar surface area (TPSA) is 12.5 Å². The van der Waals surface area contributed by atoms with E-state index in [0.29, 0.717) is 18.4 Å². The maximum atomic E-state index is 12.5. The molecule has 0 saturated carbocycles. The molecule has 21 heavy (non-hydrogen) atoms. The Balaban J connectivity index is 0.00000220. The van der Waals surface area contributed by atoms with Crippen molar-refractivity contribution < 1.29 is 69.1 Å². The smallest absolute Gasteiger partial charge is 0.494 e. The molecule has 0 bridgehead atoms. The van der Waals surface area contributed by atoms with Crippen molar-refractivity contribution in [1.29, 1.82) is 0 Å². The molecule has 112 valence electrons. The van der Waals surface area contributed by atoms with Crippen molar-refractivity contribution in [3.05, 3.63) is 24.3 Å². The van der Waals surface area contributed by atoms with Crippen LogP contribution in [0.15, 0.2) is 24.3 Å². The van der Waals surface area contributed by atoms with Crippen LogP contribution in [0.3, 0.4) is 0 Å². The fraction of sp³-hybridized carbons (Fsp3) is 0.571. The third-order valence-corrected chi connectivity index (χ3v) is 3.90. The van der Waals surface area contributed by atoms with Crippen molar-refractivity contribution in [3.8, 4) is 5.75 Å². The average molecular weight is 325 g/mol. The first-order chi connectivity index (χ1) is 9.47. The number of nitrogens with zero attached hydrogens (tertiary/aromatic N) is 1. The molecule has 1 aromatic carbocycles. The Morgan fingerprint density at radius 1 is 1.19 bits per heavy atom. The maximum Gasteiger partial charge on any atom is 1.00 e. The molecule has 0 N–H and O–H groups in total. The van der Waals surface area contributed by atoms with E-state index in [9.17, 15) is 12.9 Å². The predicted molar refractivity (Wildman–Crippen MR) is 75.5 cm³/mol. The zero-order chi connectivity index (χ0) is 14.6. The van der Waals surface area contributed by atoms with Gasteiger partial charge in [-0.25, -0.2) is 0 Å². The Morgan fingerprint density at radius 3 is 2.43 bits per heavy atom. The predicted octanol–water partition coefficient (Wildman–Crippen LogP) is -0.00180. The van der Waals surface area contributed by atoms with Crippen molar-refractivity contribution in [2.45, 2.75) is 31.7 Å². The molecule has 1 unspecified atom stereocenters. The molecule has 1 heterocycles. The first kappa shape index (κ1) is 19.5. The van der Waals surface area contributed by atoms with Gasteiger partial charge in [0.05, 0.1) is 6.61 Å². The summed E-state index contributed by atoms with van der Waals surface area (Å²) in [6.07, 6.45) is 4.59. The van der Waals surface area contributed by atoms with Crippen molar-refractivity contribution in [1.82, 2.24) is 4.90 Å². The SMILES string of the molecule is CN1CCCCC1CCOc1ccc([B-](F)(F)F)cc1.[K+]. The fourth-order valence-corrected chi connectivity index (χ4v) is 2.60. The summed E-state index contributed by atoms with van der Waals surface area (Å²) in [5.41, 5.74) is -0.579. The van der Waals surface area contributed by atoms with E-state index in [1.54, 1.807) is 0 Å². The molecule has 1 aliphatic heterocycles. The molecule has 2 rings (SSSR count). The van der Waals surface area contributed by atoms with Gasteiger partial charge in [0.15, 0.2) is 0 Å². The summed E-state index contributed by atoms with van der Waals surface area (Å²) in [4.78, 5) is 2.34. The van der Waals surface area contributed by atoms with Crippen molar-refractivity contribution in [3.63, 3.8) is 0 Å². The number of rotatable bonds is 5. The van der Waals surface area contributed by atoms with Gasteiger partial charge in [-0.1, -0.05) is 18.6 Å². The molecule has 1 aliphatic rings. The van der Waals surface area contributed by atoms with Gasteiger partial charge in [-0.2, -0.15) is 0 Å². The Hall–Kier alpha value is 0.471. The number of piperidine rings is 1.